The summed E-state index contributed by atoms with van der Waals surface area (Å²) in [6, 6.07) is 0.591. The largest absolute Gasteiger partial charge is 0.740 e. The van der Waals surface area contributed by atoms with Crippen molar-refractivity contribution >= 4 is 27.6 Å². The number of rotatable bonds is 5. The molecule has 1 aliphatic heterocycles. The van der Waals surface area contributed by atoms with E-state index >= 15 is 0 Å². The van der Waals surface area contributed by atoms with Crippen LogP contribution in [0.4, 0.5) is 16.2 Å². The predicted octanol–water partition coefficient (Wildman–Crippen LogP) is 1.79. The highest BCUT2D eigenvalue weighted by Gasteiger charge is 2.40. The van der Waals surface area contributed by atoms with Crippen LogP contribution in [0, 0.1) is 5.21 Å². The molecule has 32 heavy (non-hydrogen) atoms. The standard InChI is InChI=1S/C21H27N6O4S/c1-24-11-17(12-24)26(16-10-22-25(2)13-16)32(30,31)27(29)21(28)23-20-18-7-3-5-14(18)9-15-6-4-8-19(15)20/h9-10,13,17H,3-8,11-12H2,1-2H3,(H,23,28)/q-1. The number of nitrogens with one attached hydrogen (secondary N) is 1. The molecule has 0 saturated carbocycles. The van der Waals surface area contributed by atoms with E-state index in [-0.39, 0.29) is 5.69 Å². The van der Waals surface area contributed by atoms with Gasteiger partial charge < -0.3 is 15.4 Å². The second-order valence-corrected chi connectivity index (χ2v) is 10.6. The monoisotopic (exact) mass is 459 g/mol. The summed E-state index contributed by atoms with van der Waals surface area (Å²) >= 11 is 0. The Morgan fingerprint density at radius 2 is 1.75 bits per heavy atom. The first-order chi connectivity index (χ1) is 15.3. The Kier molecular flexibility index (Phi) is 5.14. The minimum absolute atomic E-state index is 0.265. The summed E-state index contributed by atoms with van der Waals surface area (Å²) in [7, 11) is -1.12. The zero-order valence-corrected chi connectivity index (χ0v) is 19.1. The molecule has 0 unspecified atom stereocenters. The van der Waals surface area contributed by atoms with E-state index in [4.69, 9.17) is 0 Å². The Hall–Kier alpha value is -2.63. The fourth-order valence-corrected chi connectivity index (χ4v) is 6.46. The van der Waals surface area contributed by atoms with Crippen LogP contribution in [0.1, 0.15) is 35.1 Å². The van der Waals surface area contributed by atoms with Gasteiger partial charge in [0.2, 0.25) is 0 Å². The van der Waals surface area contributed by atoms with Gasteiger partial charge in [0.1, 0.15) is 0 Å². The van der Waals surface area contributed by atoms with Gasteiger partial charge >= 0.3 is 16.2 Å². The van der Waals surface area contributed by atoms with Crippen molar-refractivity contribution in [3.63, 3.8) is 0 Å². The summed E-state index contributed by atoms with van der Waals surface area (Å²) < 4.78 is 28.7. The van der Waals surface area contributed by atoms with Crippen LogP contribution in [-0.4, -0.2) is 59.8 Å². The number of likely N-dealkylation sites (tertiary alicyclic amines) is 1. The van der Waals surface area contributed by atoms with E-state index in [0.29, 0.717) is 18.8 Å². The highest BCUT2D eigenvalue weighted by Crippen LogP contribution is 2.39. The molecule has 11 heteroatoms. The molecule has 1 aromatic heterocycles. The maximum Gasteiger partial charge on any atom is 0.326 e. The molecule has 1 N–H and O–H groups in total. The number of hydrogen-bond donors (Lipinski definition) is 1. The number of carbonyl (C=O) groups is 1. The Morgan fingerprint density at radius 3 is 2.28 bits per heavy atom. The van der Waals surface area contributed by atoms with Crippen LogP contribution >= 0.6 is 0 Å². The molecule has 0 atom stereocenters. The van der Waals surface area contributed by atoms with Crippen molar-refractivity contribution in [2.75, 3.05) is 29.8 Å². The lowest BCUT2D eigenvalue weighted by Crippen LogP contribution is -2.62. The molecule has 1 saturated heterocycles. The molecule has 2 heterocycles. The van der Waals surface area contributed by atoms with Crippen molar-refractivity contribution in [3.8, 4) is 0 Å². The van der Waals surface area contributed by atoms with Crippen LogP contribution in [0.15, 0.2) is 18.5 Å². The van der Waals surface area contributed by atoms with Gasteiger partial charge in [0.15, 0.2) is 0 Å². The Labute approximate surface area is 187 Å². The first-order valence-electron chi connectivity index (χ1n) is 10.9. The van der Waals surface area contributed by atoms with Gasteiger partial charge in [-0.15, -0.1) is 0 Å². The molecule has 172 valence electrons. The minimum atomic E-state index is -4.65. The maximum atomic E-state index is 13.3. The third-order valence-electron chi connectivity index (χ3n) is 6.65. The second-order valence-electron chi connectivity index (χ2n) is 8.94. The molecule has 2 aromatic rings. The summed E-state index contributed by atoms with van der Waals surface area (Å²) in [4.78, 5) is 14.9. The van der Waals surface area contributed by atoms with E-state index in [1.807, 2.05) is 11.9 Å². The molecule has 10 nitrogen and oxygen atoms in total. The first kappa shape index (κ1) is 21.2. The van der Waals surface area contributed by atoms with E-state index in [0.717, 1.165) is 54.0 Å². The summed E-state index contributed by atoms with van der Waals surface area (Å²) in [5.74, 6) is 0. The Bertz CT molecular complexity index is 1140. The van der Waals surface area contributed by atoms with E-state index in [1.54, 1.807) is 7.05 Å². The van der Waals surface area contributed by atoms with E-state index in [1.165, 1.54) is 28.2 Å². The summed E-state index contributed by atoms with van der Waals surface area (Å²) in [6.45, 7) is 0.923. The fraction of sp³-hybridized carbons (Fsp3) is 0.524. The van der Waals surface area contributed by atoms with Crippen molar-refractivity contribution < 1.29 is 13.2 Å². The van der Waals surface area contributed by atoms with Crippen molar-refractivity contribution in [2.24, 2.45) is 7.05 Å². The average Bonchev–Trinajstić information content (AvgIpc) is 3.46. The fourth-order valence-electron chi connectivity index (χ4n) is 5.17. The lowest BCUT2D eigenvalue weighted by molar-refractivity contribution is 0.193. The number of anilines is 2. The van der Waals surface area contributed by atoms with Gasteiger partial charge in [0, 0.05) is 32.0 Å². The number of aryl methyl sites for hydroxylation is 3. The molecular formula is C21H27N6O4S-. The predicted molar refractivity (Wildman–Crippen MR) is 121 cm³/mol. The Balaban J connectivity index is 1.44. The van der Waals surface area contributed by atoms with Crippen LogP contribution in [0.25, 0.3) is 0 Å². The van der Waals surface area contributed by atoms with Crippen LogP contribution in [0.2, 0.25) is 0 Å². The number of fused-ring (bicyclic) bond motifs is 2. The molecular weight excluding hydrogens is 432 g/mol. The van der Waals surface area contributed by atoms with Crippen molar-refractivity contribution in [2.45, 2.75) is 44.6 Å². The van der Waals surface area contributed by atoms with Crippen LogP contribution in [0.5, 0.6) is 0 Å². The molecule has 1 aromatic carbocycles. The number of amides is 2. The topological polar surface area (TPSA) is 114 Å². The molecule has 1 fully saturated rings. The minimum Gasteiger partial charge on any atom is -0.740 e. The number of hydroxylamine groups is 1. The Morgan fingerprint density at radius 1 is 1.12 bits per heavy atom. The molecule has 5 rings (SSSR count). The summed E-state index contributed by atoms with van der Waals surface area (Å²) in [5.41, 5.74) is 5.36. The molecule has 0 bridgehead atoms. The summed E-state index contributed by atoms with van der Waals surface area (Å²) in [6.07, 6.45) is 8.41. The normalized spacial score (nSPS) is 18.2. The van der Waals surface area contributed by atoms with Gasteiger partial charge in [-0.05, 0) is 67.8 Å². The maximum absolute atomic E-state index is 13.3. The highest BCUT2D eigenvalue weighted by molar-refractivity contribution is 7.91. The molecule has 2 aliphatic carbocycles. The third-order valence-corrected chi connectivity index (χ3v) is 8.24. The number of nitrogens with zero attached hydrogens (tertiary/aromatic N) is 5. The quantitative estimate of drug-likeness (QED) is 0.682. The number of aromatic nitrogens is 2. The lowest BCUT2D eigenvalue weighted by atomic mass is 9.99. The summed E-state index contributed by atoms with van der Waals surface area (Å²) in [5, 5.41) is 19.7. The number of likely N-dealkylation sites (N-methyl/N-ethyl adjacent to an activating group) is 1. The van der Waals surface area contributed by atoms with Gasteiger partial charge in [-0.25, -0.2) is 9.10 Å². The molecule has 0 radical (unpaired) electrons. The third kappa shape index (κ3) is 3.44. The molecule has 0 spiro atoms. The number of carbonyl (C=O) groups excluding carboxylic acids is 1. The van der Waals surface area contributed by atoms with E-state index in [2.05, 4.69) is 16.5 Å². The van der Waals surface area contributed by atoms with Crippen LogP contribution < -0.4 is 9.62 Å². The average molecular weight is 460 g/mol. The van der Waals surface area contributed by atoms with Gasteiger partial charge in [-0.1, -0.05) is 6.07 Å². The van der Waals surface area contributed by atoms with E-state index in [9.17, 15) is 18.4 Å². The van der Waals surface area contributed by atoms with Crippen LogP contribution in [-0.2, 0) is 42.9 Å². The number of hydrogen-bond acceptors (Lipinski definition) is 6. The zero-order valence-electron chi connectivity index (χ0n) is 18.2. The highest BCUT2D eigenvalue weighted by atomic mass is 32.2. The SMILES string of the molecule is CN1CC(N(c2cnn(C)c2)S(=O)(=O)N([O-])C(=O)Nc2c3c(cc4c2CCC4)CCC3)C1. The van der Waals surface area contributed by atoms with Gasteiger partial charge in [0.25, 0.3) is 0 Å². The van der Waals surface area contributed by atoms with E-state index < -0.39 is 26.8 Å². The number of benzene rings is 1. The van der Waals surface area contributed by atoms with Gasteiger partial charge in [-0.2, -0.15) is 13.5 Å². The second kappa shape index (κ2) is 7.75. The van der Waals surface area contributed by atoms with Crippen molar-refractivity contribution in [3.05, 3.63) is 45.9 Å². The van der Waals surface area contributed by atoms with Crippen LogP contribution in [0.3, 0.4) is 0 Å². The van der Waals surface area contributed by atoms with Gasteiger partial charge in [0.05, 0.1) is 17.9 Å². The van der Waals surface area contributed by atoms with Gasteiger partial charge in [-0.3, -0.25) is 9.15 Å². The molecule has 2 amide bonds. The lowest BCUT2D eigenvalue weighted by Gasteiger charge is -2.45. The number of urea groups is 1. The van der Waals surface area contributed by atoms with Crippen molar-refractivity contribution in [1.82, 2.24) is 19.1 Å². The van der Waals surface area contributed by atoms with Crippen molar-refractivity contribution in [1.29, 1.82) is 0 Å². The molecule has 3 aliphatic rings. The zero-order chi connectivity index (χ0) is 22.6. The smallest absolute Gasteiger partial charge is 0.326 e. The first-order valence-corrected chi connectivity index (χ1v) is 12.3.